The average molecular weight is 576 g/mol. The molecule has 0 saturated heterocycles. The number of hydrogen-bond acceptors (Lipinski definition) is 9. The topological polar surface area (TPSA) is 130 Å². The molecule has 4 aromatic rings. The van der Waals surface area contributed by atoms with E-state index in [1.807, 2.05) is 6.92 Å². The fraction of sp³-hybridized carbons (Fsp3) is 0.533. The molecule has 0 spiro atoms. The number of nitrogens with one attached hydrogen (secondary N) is 2. The Morgan fingerprint density at radius 2 is 2.10 bits per heavy atom. The van der Waals surface area contributed by atoms with Crippen molar-refractivity contribution >= 4 is 28.5 Å². The zero-order valence-corrected chi connectivity index (χ0v) is 25.2. The van der Waals surface area contributed by atoms with Gasteiger partial charge in [0.15, 0.2) is 5.78 Å². The molecular weight excluding hydrogens is 532 g/mol. The molecule has 0 bridgehead atoms. The van der Waals surface area contributed by atoms with E-state index in [-0.39, 0.29) is 5.78 Å². The summed E-state index contributed by atoms with van der Waals surface area (Å²) in [5.41, 5.74) is 5.24. The molecule has 1 atom stereocenters. The second kappa shape index (κ2) is 13.3. The summed E-state index contributed by atoms with van der Waals surface area (Å²) in [6, 6.07) is 6.01. The number of unbranched alkanes of at least 4 members (excludes halogenated alkanes) is 1. The Balaban J connectivity index is 1.22. The Kier molecular flexibility index (Phi) is 9.31. The molecule has 0 aliphatic carbocycles. The molecule has 1 aliphatic heterocycles. The molecule has 4 aromatic heterocycles. The number of pyridine rings is 1. The lowest BCUT2D eigenvalue weighted by Crippen LogP contribution is -2.41. The molecule has 12 heteroatoms. The Hall–Kier alpha value is -4.06. The minimum Gasteiger partial charge on any atom is -0.371 e. The van der Waals surface area contributed by atoms with E-state index in [2.05, 4.69) is 60.5 Å². The SMILES string of the molecule is CC(=O)[C@H](CCN(CCCCc1ccc2c(n1)NCCC2)CCn1nc(C)cc1C)Nc1c2cnn(C)c2nc[n+]1O. The first-order valence-electron chi connectivity index (χ1n) is 14.9. The fourth-order valence-electron chi connectivity index (χ4n) is 5.66. The third-order valence-electron chi connectivity index (χ3n) is 8.06. The summed E-state index contributed by atoms with van der Waals surface area (Å²) in [5, 5.41) is 26.7. The van der Waals surface area contributed by atoms with E-state index in [1.54, 1.807) is 24.9 Å². The molecule has 0 saturated carbocycles. The number of Topliss-reactive ketones (excluding diaryl/α,β-unsaturated/α-hetero) is 1. The highest BCUT2D eigenvalue weighted by atomic mass is 16.5. The number of ketones is 1. The van der Waals surface area contributed by atoms with Gasteiger partial charge < -0.3 is 15.4 Å². The second-order valence-electron chi connectivity index (χ2n) is 11.3. The van der Waals surface area contributed by atoms with E-state index in [4.69, 9.17) is 4.98 Å². The zero-order chi connectivity index (χ0) is 29.6. The number of anilines is 2. The van der Waals surface area contributed by atoms with Crippen LogP contribution in [0.5, 0.6) is 0 Å². The van der Waals surface area contributed by atoms with Crippen molar-refractivity contribution in [2.24, 2.45) is 7.05 Å². The monoisotopic (exact) mass is 575 g/mol. The van der Waals surface area contributed by atoms with E-state index >= 15 is 0 Å². The van der Waals surface area contributed by atoms with E-state index in [0.717, 1.165) is 92.5 Å². The van der Waals surface area contributed by atoms with Crippen LogP contribution in [0, 0.1) is 13.8 Å². The summed E-state index contributed by atoms with van der Waals surface area (Å²) in [4.78, 5) is 24.2. The number of carbonyl (C=O) groups is 1. The Morgan fingerprint density at radius 3 is 2.88 bits per heavy atom. The Labute approximate surface area is 246 Å². The van der Waals surface area contributed by atoms with Crippen LogP contribution < -0.4 is 15.4 Å². The third-order valence-corrected chi connectivity index (χ3v) is 8.06. The van der Waals surface area contributed by atoms with E-state index < -0.39 is 6.04 Å². The minimum absolute atomic E-state index is 0.00874. The highest BCUT2D eigenvalue weighted by molar-refractivity contribution is 5.89. The van der Waals surface area contributed by atoms with Crippen LogP contribution in [0.4, 0.5) is 11.6 Å². The lowest BCUT2D eigenvalue weighted by molar-refractivity contribution is -0.894. The summed E-state index contributed by atoms with van der Waals surface area (Å²) in [6.45, 7) is 9.93. The van der Waals surface area contributed by atoms with Gasteiger partial charge in [0, 0.05) is 44.5 Å². The van der Waals surface area contributed by atoms with Crippen molar-refractivity contribution < 1.29 is 14.7 Å². The summed E-state index contributed by atoms with van der Waals surface area (Å²) in [6.07, 6.45) is 8.82. The smallest absolute Gasteiger partial charge is 0.274 e. The average Bonchev–Trinajstić information content (AvgIpc) is 3.51. The van der Waals surface area contributed by atoms with Crippen molar-refractivity contribution in [1.29, 1.82) is 0 Å². The van der Waals surface area contributed by atoms with Gasteiger partial charge in [-0.3, -0.25) is 14.8 Å². The Bertz CT molecular complexity index is 1530. The highest BCUT2D eigenvalue weighted by Gasteiger charge is 2.25. The van der Waals surface area contributed by atoms with Crippen molar-refractivity contribution in [3.8, 4) is 0 Å². The standard InChI is InChI=1S/C30H42N10O2/c1-21-18-22(2)39(36-21)17-16-38(14-6-5-9-25-11-10-24-8-7-13-31-28(24)34-25)15-12-27(23(3)41)35-30-26-19-33-37(4)29(26)32-20-40(30)42/h10-11,18-20,27,42H,5-9,12-17H2,1-4H3,(H,31,34)/p+1/t27-/m0/s1. The van der Waals surface area contributed by atoms with Crippen molar-refractivity contribution in [3.05, 3.63) is 53.4 Å². The number of fused-ring (bicyclic) bond motifs is 2. The van der Waals surface area contributed by atoms with Crippen molar-refractivity contribution in [1.82, 2.24) is 34.4 Å². The van der Waals surface area contributed by atoms with Crippen LogP contribution in [0.25, 0.3) is 11.0 Å². The first kappa shape index (κ1) is 29.4. The van der Waals surface area contributed by atoms with Gasteiger partial charge in [-0.25, -0.2) is 9.67 Å². The number of aromatic nitrogens is 7. The molecule has 5 rings (SSSR count). The van der Waals surface area contributed by atoms with Gasteiger partial charge in [0.05, 0.1) is 18.4 Å². The van der Waals surface area contributed by atoms with Crippen LogP contribution in [-0.2, 0) is 31.2 Å². The first-order chi connectivity index (χ1) is 20.3. The van der Waals surface area contributed by atoms with Crippen LogP contribution in [0.15, 0.2) is 30.7 Å². The van der Waals surface area contributed by atoms with Gasteiger partial charge in [-0.2, -0.15) is 10.2 Å². The van der Waals surface area contributed by atoms with Crippen LogP contribution in [-0.4, -0.2) is 77.6 Å². The number of rotatable bonds is 14. The van der Waals surface area contributed by atoms with Gasteiger partial charge in [0.25, 0.3) is 12.1 Å². The summed E-state index contributed by atoms with van der Waals surface area (Å²) in [5.74, 6) is 1.47. The largest absolute Gasteiger partial charge is 0.371 e. The first-order valence-corrected chi connectivity index (χ1v) is 14.9. The van der Waals surface area contributed by atoms with Gasteiger partial charge >= 0.3 is 0 Å². The molecule has 224 valence electrons. The predicted molar refractivity (Wildman–Crippen MR) is 161 cm³/mol. The quantitative estimate of drug-likeness (QED) is 0.118. The van der Waals surface area contributed by atoms with Gasteiger partial charge in [-0.15, -0.1) is 0 Å². The van der Waals surface area contributed by atoms with Crippen LogP contribution in [0.2, 0.25) is 0 Å². The number of nitrogens with zero attached hydrogens (tertiary/aromatic N) is 8. The number of aryl methyl sites for hydroxylation is 5. The molecule has 0 fully saturated rings. The lowest BCUT2D eigenvalue weighted by Gasteiger charge is -2.24. The summed E-state index contributed by atoms with van der Waals surface area (Å²) in [7, 11) is 1.79. The Morgan fingerprint density at radius 1 is 1.24 bits per heavy atom. The maximum absolute atomic E-state index is 12.7. The molecule has 0 radical (unpaired) electrons. The molecule has 0 amide bonds. The molecule has 0 aromatic carbocycles. The van der Waals surface area contributed by atoms with Gasteiger partial charge in [0.2, 0.25) is 5.65 Å². The van der Waals surface area contributed by atoms with Crippen molar-refractivity contribution in [2.75, 3.05) is 36.8 Å². The maximum atomic E-state index is 12.7. The van der Waals surface area contributed by atoms with Crippen molar-refractivity contribution in [2.45, 2.75) is 71.9 Å². The summed E-state index contributed by atoms with van der Waals surface area (Å²) < 4.78 is 4.61. The lowest BCUT2D eigenvalue weighted by atomic mass is 10.1. The summed E-state index contributed by atoms with van der Waals surface area (Å²) >= 11 is 0. The highest BCUT2D eigenvalue weighted by Crippen LogP contribution is 2.21. The third kappa shape index (κ3) is 7.04. The minimum atomic E-state index is -0.474. The normalized spacial score (nSPS) is 13.7. The zero-order valence-electron chi connectivity index (χ0n) is 25.2. The van der Waals surface area contributed by atoms with E-state index in [0.29, 0.717) is 23.3 Å². The van der Waals surface area contributed by atoms with E-state index in [9.17, 15) is 10.0 Å². The van der Waals surface area contributed by atoms with Gasteiger partial charge in [0.1, 0.15) is 17.2 Å². The number of carbonyl (C=O) groups excluding carboxylic acids is 1. The molecular formula is C30H43N10O2+. The predicted octanol–water partition coefficient (Wildman–Crippen LogP) is 2.84. The molecule has 42 heavy (non-hydrogen) atoms. The molecule has 3 N–H and O–H groups in total. The fourth-order valence-corrected chi connectivity index (χ4v) is 5.66. The maximum Gasteiger partial charge on any atom is 0.274 e. The molecule has 5 heterocycles. The van der Waals surface area contributed by atoms with Crippen LogP contribution in [0.1, 0.15) is 55.3 Å². The molecule has 0 unspecified atom stereocenters. The van der Waals surface area contributed by atoms with Crippen LogP contribution in [0.3, 0.4) is 0 Å². The number of hydrogen-bond donors (Lipinski definition) is 3. The second-order valence-corrected chi connectivity index (χ2v) is 11.3. The van der Waals surface area contributed by atoms with Crippen LogP contribution >= 0.6 is 0 Å². The van der Waals surface area contributed by atoms with E-state index in [1.165, 1.54) is 11.9 Å². The van der Waals surface area contributed by atoms with Gasteiger partial charge in [-0.1, -0.05) is 15.8 Å². The molecule has 12 nitrogen and oxygen atoms in total. The molecule has 1 aliphatic rings. The van der Waals surface area contributed by atoms with Gasteiger partial charge in [-0.05, 0) is 77.1 Å². The van der Waals surface area contributed by atoms with Crippen molar-refractivity contribution in [3.63, 3.8) is 0 Å².